The second-order valence-corrected chi connectivity index (χ2v) is 2.45. The van der Waals surface area contributed by atoms with Crippen molar-refractivity contribution in [3.05, 3.63) is 6.20 Å². The van der Waals surface area contributed by atoms with Gasteiger partial charge in [0.25, 0.3) is 0 Å². The van der Waals surface area contributed by atoms with E-state index in [1.807, 2.05) is 0 Å². The van der Waals surface area contributed by atoms with Crippen molar-refractivity contribution >= 4 is 11.7 Å². The molecule has 1 unspecified atom stereocenters. The van der Waals surface area contributed by atoms with Crippen LogP contribution in [0.15, 0.2) is 6.20 Å². The van der Waals surface area contributed by atoms with Crippen LogP contribution < -0.4 is 4.74 Å². The smallest absolute Gasteiger partial charge is 0.245 e. The first-order chi connectivity index (χ1) is 5.33. The second kappa shape index (κ2) is 4.22. The van der Waals surface area contributed by atoms with Crippen LogP contribution in [0.2, 0.25) is 0 Å². The maximum atomic E-state index is 8.84. The van der Waals surface area contributed by atoms with Gasteiger partial charge in [-0.25, -0.2) is 0 Å². The van der Waals surface area contributed by atoms with Gasteiger partial charge in [-0.2, -0.15) is 4.37 Å². The van der Waals surface area contributed by atoms with E-state index in [1.54, 1.807) is 0 Å². The first-order valence-electron chi connectivity index (χ1n) is 3.02. The first kappa shape index (κ1) is 8.38. The highest BCUT2D eigenvalue weighted by molar-refractivity contribution is 6.99. The van der Waals surface area contributed by atoms with Crippen LogP contribution >= 0.6 is 11.7 Å². The van der Waals surface area contributed by atoms with E-state index < -0.39 is 6.10 Å². The minimum absolute atomic E-state index is 0.0436. The van der Waals surface area contributed by atoms with Crippen molar-refractivity contribution in [3.8, 4) is 5.88 Å². The first-order valence-corrected chi connectivity index (χ1v) is 3.75. The van der Waals surface area contributed by atoms with Gasteiger partial charge in [-0.15, -0.1) is 4.37 Å². The Hall–Kier alpha value is -0.720. The van der Waals surface area contributed by atoms with E-state index in [0.717, 1.165) is 11.7 Å². The predicted molar refractivity (Wildman–Crippen MR) is 38.5 cm³/mol. The summed E-state index contributed by atoms with van der Waals surface area (Å²) in [6.07, 6.45) is 0.603. The fraction of sp³-hybridized carbons (Fsp3) is 0.600. The molecule has 1 rings (SSSR count). The Labute approximate surface area is 67.6 Å². The number of aliphatic hydroxyl groups is 2. The molecular weight excluding hydrogens is 168 g/mol. The molecule has 0 fully saturated rings. The van der Waals surface area contributed by atoms with Gasteiger partial charge in [0.2, 0.25) is 5.88 Å². The van der Waals surface area contributed by atoms with Crippen molar-refractivity contribution in [2.24, 2.45) is 0 Å². The number of nitrogens with zero attached hydrogens (tertiary/aromatic N) is 2. The maximum absolute atomic E-state index is 8.84. The van der Waals surface area contributed by atoms with Gasteiger partial charge in [0.1, 0.15) is 18.9 Å². The third-order valence-corrected chi connectivity index (χ3v) is 1.44. The SMILES string of the molecule is OCC(O)COc1cnsn1. The Morgan fingerprint density at radius 1 is 1.73 bits per heavy atom. The Kier molecular flexibility index (Phi) is 3.21. The molecule has 0 amide bonds. The lowest BCUT2D eigenvalue weighted by molar-refractivity contribution is 0.0524. The molecule has 0 aliphatic heterocycles. The van der Waals surface area contributed by atoms with Gasteiger partial charge in [-0.1, -0.05) is 0 Å². The van der Waals surface area contributed by atoms with Gasteiger partial charge in [0.15, 0.2) is 0 Å². The molecule has 0 radical (unpaired) electrons. The Morgan fingerprint density at radius 3 is 3.09 bits per heavy atom. The lowest BCUT2D eigenvalue weighted by Gasteiger charge is -2.05. The zero-order valence-electron chi connectivity index (χ0n) is 5.67. The van der Waals surface area contributed by atoms with E-state index in [2.05, 4.69) is 8.75 Å². The van der Waals surface area contributed by atoms with Crippen LogP contribution in [0, 0.1) is 0 Å². The molecule has 6 heteroatoms. The van der Waals surface area contributed by atoms with Gasteiger partial charge in [-0.3, -0.25) is 0 Å². The van der Waals surface area contributed by atoms with Crippen LogP contribution in [-0.4, -0.2) is 38.3 Å². The molecule has 1 heterocycles. The van der Waals surface area contributed by atoms with Crippen LogP contribution in [0.4, 0.5) is 0 Å². The van der Waals surface area contributed by atoms with Crippen LogP contribution in [0.3, 0.4) is 0 Å². The highest BCUT2D eigenvalue weighted by Crippen LogP contribution is 2.04. The van der Waals surface area contributed by atoms with Crippen molar-refractivity contribution in [2.45, 2.75) is 6.10 Å². The maximum Gasteiger partial charge on any atom is 0.245 e. The fourth-order valence-corrected chi connectivity index (χ4v) is 0.819. The topological polar surface area (TPSA) is 75.5 Å². The fourth-order valence-electron chi connectivity index (χ4n) is 0.454. The number of hydrogen-bond acceptors (Lipinski definition) is 6. The van der Waals surface area contributed by atoms with Crippen molar-refractivity contribution in [1.29, 1.82) is 0 Å². The van der Waals surface area contributed by atoms with Gasteiger partial charge < -0.3 is 14.9 Å². The molecule has 0 saturated heterocycles. The van der Waals surface area contributed by atoms with Crippen molar-refractivity contribution in [1.82, 2.24) is 8.75 Å². The summed E-state index contributed by atoms with van der Waals surface area (Å²) in [5, 5.41) is 17.2. The number of hydrogen-bond donors (Lipinski definition) is 2. The highest BCUT2D eigenvalue weighted by Gasteiger charge is 2.03. The Bertz CT molecular complexity index is 192. The third kappa shape index (κ3) is 2.79. The Morgan fingerprint density at radius 2 is 2.55 bits per heavy atom. The van der Waals surface area contributed by atoms with Gasteiger partial charge in [0, 0.05) is 0 Å². The predicted octanol–water partition coefficient (Wildman–Crippen LogP) is -0.730. The van der Waals surface area contributed by atoms with E-state index in [9.17, 15) is 0 Å². The summed E-state index contributed by atoms with van der Waals surface area (Å²) in [7, 11) is 0. The molecule has 62 valence electrons. The number of rotatable bonds is 4. The van der Waals surface area contributed by atoms with Crippen LogP contribution in [0.1, 0.15) is 0 Å². The highest BCUT2D eigenvalue weighted by atomic mass is 32.1. The van der Waals surface area contributed by atoms with E-state index in [1.165, 1.54) is 6.20 Å². The van der Waals surface area contributed by atoms with E-state index in [-0.39, 0.29) is 13.2 Å². The Balaban J connectivity index is 2.23. The molecule has 11 heavy (non-hydrogen) atoms. The van der Waals surface area contributed by atoms with E-state index in [0.29, 0.717) is 5.88 Å². The standard InChI is InChI=1S/C5H8N2O3S/c8-2-4(9)3-10-5-1-6-11-7-5/h1,4,8-9H,2-3H2. The number of aliphatic hydroxyl groups excluding tert-OH is 2. The lowest BCUT2D eigenvalue weighted by Crippen LogP contribution is -2.21. The van der Waals surface area contributed by atoms with Gasteiger partial charge >= 0.3 is 0 Å². The molecule has 5 nitrogen and oxygen atoms in total. The molecule has 2 N–H and O–H groups in total. The van der Waals surface area contributed by atoms with Crippen LogP contribution in [0.5, 0.6) is 5.88 Å². The summed E-state index contributed by atoms with van der Waals surface area (Å²) >= 11 is 1.03. The zero-order chi connectivity index (χ0) is 8.10. The molecule has 1 aromatic rings. The van der Waals surface area contributed by atoms with Gasteiger partial charge in [0.05, 0.1) is 18.3 Å². The average molecular weight is 176 g/mol. The van der Waals surface area contributed by atoms with Crippen molar-refractivity contribution in [3.63, 3.8) is 0 Å². The van der Waals surface area contributed by atoms with Crippen molar-refractivity contribution in [2.75, 3.05) is 13.2 Å². The lowest BCUT2D eigenvalue weighted by atomic mass is 10.4. The van der Waals surface area contributed by atoms with Gasteiger partial charge in [-0.05, 0) is 0 Å². The molecule has 0 spiro atoms. The quantitative estimate of drug-likeness (QED) is 0.632. The average Bonchev–Trinajstić information content (AvgIpc) is 2.52. The molecule has 1 atom stereocenters. The summed E-state index contributed by atoms with van der Waals surface area (Å²) in [6, 6.07) is 0. The second-order valence-electron chi connectivity index (χ2n) is 1.89. The summed E-state index contributed by atoms with van der Waals surface area (Å²) < 4.78 is 12.4. The normalized spacial score (nSPS) is 12.9. The minimum atomic E-state index is -0.850. The number of aromatic nitrogens is 2. The summed E-state index contributed by atoms with van der Waals surface area (Å²) in [4.78, 5) is 0. The zero-order valence-corrected chi connectivity index (χ0v) is 6.49. The van der Waals surface area contributed by atoms with Crippen LogP contribution in [-0.2, 0) is 0 Å². The summed E-state index contributed by atoms with van der Waals surface area (Å²) in [6.45, 7) is -0.264. The third-order valence-electron chi connectivity index (χ3n) is 0.975. The molecular formula is C5H8N2O3S. The minimum Gasteiger partial charge on any atom is -0.473 e. The molecule has 0 aliphatic rings. The van der Waals surface area contributed by atoms with Crippen molar-refractivity contribution < 1.29 is 14.9 Å². The van der Waals surface area contributed by atoms with Crippen LogP contribution in [0.25, 0.3) is 0 Å². The monoisotopic (exact) mass is 176 g/mol. The molecule has 0 saturated carbocycles. The number of ether oxygens (including phenoxy) is 1. The molecule has 0 aliphatic carbocycles. The molecule has 0 aromatic carbocycles. The van der Waals surface area contributed by atoms with E-state index in [4.69, 9.17) is 14.9 Å². The molecule has 1 aromatic heterocycles. The largest absolute Gasteiger partial charge is 0.473 e. The summed E-state index contributed by atoms with van der Waals surface area (Å²) in [5.41, 5.74) is 0. The molecule has 0 bridgehead atoms. The van der Waals surface area contributed by atoms with E-state index >= 15 is 0 Å². The summed E-state index contributed by atoms with van der Waals surface area (Å²) in [5.74, 6) is 0.377.